The van der Waals surface area contributed by atoms with Gasteiger partial charge < -0.3 is 10.5 Å². The highest BCUT2D eigenvalue weighted by atomic mass is 32.1. The van der Waals surface area contributed by atoms with Crippen LogP contribution in [0.2, 0.25) is 0 Å². The molecule has 0 saturated carbocycles. The molecule has 1 aromatic heterocycles. The fraction of sp³-hybridized carbons (Fsp3) is 0.286. The van der Waals surface area contributed by atoms with Crippen LogP contribution >= 0.6 is 12.2 Å². The van der Waals surface area contributed by atoms with Gasteiger partial charge in [-0.1, -0.05) is 37.3 Å². The first-order chi connectivity index (χ1) is 9.04. The number of rotatable bonds is 4. The molecule has 2 rings (SSSR count). The van der Waals surface area contributed by atoms with Gasteiger partial charge in [-0.2, -0.15) is 5.10 Å². The van der Waals surface area contributed by atoms with E-state index in [1.54, 1.807) is 4.68 Å². The van der Waals surface area contributed by atoms with Gasteiger partial charge in [0.2, 0.25) is 5.88 Å². The number of nitrogens with two attached hydrogens (primary N) is 1. The Kier molecular flexibility index (Phi) is 3.85. The van der Waals surface area contributed by atoms with Gasteiger partial charge in [0.25, 0.3) is 0 Å². The molecule has 0 spiro atoms. The van der Waals surface area contributed by atoms with E-state index < -0.39 is 0 Å². The summed E-state index contributed by atoms with van der Waals surface area (Å²) in [5.41, 5.74) is 8.36. The van der Waals surface area contributed by atoms with Gasteiger partial charge in [-0.3, -0.25) is 0 Å². The number of nitrogens with zero attached hydrogens (tertiary/aromatic N) is 2. The van der Waals surface area contributed by atoms with Crippen LogP contribution in [0.1, 0.15) is 23.7 Å². The zero-order valence-electron chi connectivity index (χ0n) is 11.3. The summed E-state index contributed by atoms with van der Waals surface area (Å²) < 4.78 is 7.64. The van der Waals surface area contributed by atoms with Gasteiger partial charge in [-0.15, -0.1) is 0 Å². The van der Waals surface area contributed by atoms with Crippen molar-refractivity contribution < 1.29 is 4.74 Å². The van der Waals surface area contributed by atoms with Gasteiger partial charge in [-0.05, 0) is 25.0 Å². The zero-order chi connectivity index (χ0) is 14.0. The molecule has 1 aromatic carbocycles. The molecule has 4 nitrogen and oxygen atoms in total. The van der Waals surface area contributed by atoms with E-state index in [4.69, 9.17) is 22.7 Å². The molecule has 1 heterocycles. The Morgan fingerprint density at radius 3 is 2.74 bits per heavy atom. The minimum atomic E-state index is 0.301. The van der Waals surface area contributed by atoms with Crippen molar-refractivity contribution in [2.24, 2.45) is 12.8 Å². The van der Waals surface area contributed by atoms with Crippen LogP contribution in [0.15, 0.2) is 24.3 Å². The van der Waals surface area contributed by atoms with Crippen LogP contribution in [0.3, 0.4) is 0 Å². The predicted molar refractivity (Wildman–Crippen MR) is 79.7 cm³/mol. The highest BCUT2D eigenvalue weighted by molar-refractivity contribution is 7.80. The van der Waals surface area contributed by atoms with E-state index in [0.29, 0.717) is 16.4 Å². The highest BCUT2D eigenvalue weighted by Gasteiger charge is 2.18. The number of hydrogen-bond acceptors (Lipinski definition) is 3. The Hall–Kier alpha value is -1.88. The average molecular weight is 275 g/mol. The molecule has 100 valence electrons. The van der Waals surface area contributed by atoms with Crippen LogP contribution in [-0.2, 0) is 13.5 Å². The number of hydrogen-bond donors (Lipinski definition) is 1. The van der Waals surface area contributed by atoms with Crippen molar-refractivity contribution in [3.63, 3.8) is 0 Å². The van der Waals surface area contributed by atoms with E-state index in [9.17, 15) is 0 Å². The monoisotopic (exact) mass is 275 g/mol. The third-order valence-electron chi connectivity index (χ3n) is 2.98. The van der Waals surface area contributed by atoms with E-state index in [1.165, 1.54) is 0 Å². The summed E-state index contributed by atoms with van der Waals surface area (Å²) in [5, 5.41) is 4.31. The van der Waals surface area contributed by atoms with Crippen molar-refractivity contribution in [1.82, 2.24) is 9.78 Å². The molecule has 0 amide bonds. The summed E-state index contributed by atoms with van der Waals surface area (Å²) in [7, 11) is 1.82. The highest BCUT2D eigenvalue weighted by Crippen LogP contribution is 2.29. The molecule has 0 fully saturated rings. The molecule has 2 aromatic rings. The van der Waals surface area contributed by atoms with Crippen molar-refractivity contribution >= 4 is 17.2 Å². The third kappa shape index (κ3) is 2.61. The Morgan fingerprint density at radius 2 is 2.11 bits per heavy atom. The van der Waals surface area contributed by atoms with Gasteiger partial charge in [-0.25, -0.2) is 4.68 Å². The van der Waals surface area contributed by atoms with Gasteiger partial charge in [0.05, 0.1) is 11.3 Å². The average Bonchev–Trinajstić information content (AvgIpc) is 2.65. The summed E-state index contributed by atoms with van der Waals surface area (Å²) in [6, 6.07) is 7.91. The lowest BCUT2D eigenvalue weighted by Gasteiger charge is -2.11. The number of para-hydroxylation sites is 1. The lowest BCUT2D eigenvalue weighted by Crippen LogP contribution is -2.11. The lowest BCUT2D eigenvalue weighted by molar-refractivity contribution is 0.426. The van der Waals surface area contributed by atoms with Crippen molar-refractivity contribution in [2.75, 3.05) is 0 Å². The number of ether oxygens (including phenoxy) is 1. The molecule has 0 unspecified atom stereocenters. The Bertz CT molecular complexity index is 619. The molecular weight excluding hydrogens is 258 g/mol. The number of benzene rings is 1. The second-order valence-electron chi connectivity index (χ2n) is 4.32. The van der Waals surface area contributed by atoms with Crippen molar-refractivity contribution in [3.05, 3.63) is 41.1 Å². The number of thiocarbonyl (C=S) groups is 1. The quantitative estimate of drug-likeness (QED) is 0.872. The molecule has 19 heavy (non-hydrogen) atoms. The first-order valence-electron chi connectivity index (χ1n) is 6.13. The fourth-order valence-electron chi connectivity index (χ4n) is 2.04. The standard InChI is InChI=1S/C14H17N3OS/c1-4-10-7-5-6-8-11(10)18-14-12(13(15)19)9(2)16-17(14)3/h5-8H,4H2,1-3H3,(H2,15,19). The molecule has 0 saturated heterocycles. The van der Waals surface area contributed by atoms with Crippen LogP contribution < -0.4 is 10.5 Å². The molecule has 5 heteroatoms. The van der Waals surface area contributed by atoms with Gasteiger partial charge in [0.15, 0.2) is 0 Å². The summed E-state index contributed by atoms with van der Waals surface area (Å²) in [6.07, 6.45) is 0.898. The van der Waals surface area contributed by atoms with Gasteiger partial charge >= 0.3 is 0 Å². The first kappa shape index (κ1) is 13.5. The minimum absolute atomic E-state index is 0.301. The maximum atomic E-state index is 5.98. The predicted octanol–water partition coefficient (Wildman–Crippen LogP) is 2.72. The molecule has 0 radical (unpaired) electrons. The second-order valence-corrected chi connectivity index (χ2v) is 4.76. The summed E-state index contributed by atoms with van der Waals surface area (Å²) in [6.45, 7) is 3.96. The van der Waals surface area contributed by atoms with E-state index in [2.05, 4.69) is 12.0 Å². The smallest absolute Gasteiger partial charge is 0.228 e. The number of aryl methyl sites for hydroxylation is 3. The molecule has 0 aliphatic rings. The maximum absolute atomic E-state index is 5.98. The second kappa shape index (κ2) is 5.40. The van der Waals surface area contributed by atoms with Crippen molar-refractivity contribution in [3.8, 4) is 11.6 Å². The maximum Gasteiger partial charge on any atom is 0.228 e. The third-order valence-corrected chi connectivity index (χ3v) is 3.18. The summed E-state index contributed by atoms with van der Waals surface area (Å²) >= 11 is 5.07. The van der Waals surface area contributed by atoms with Crippen molar-refractivity contribution in [2.45, 2.75) is 20.3 Å². The lowest BCUT2D eigenvalue weighted by atomic mass is 10.1. The molecule has 0 bridgehead atoms. The van der Waals surface area contributed by atoms with E-state index in [1.807, 2.05) is 38.2 Å². The summed E-state index contributed by atoms with van der Waals surface area (Å²) in [5.74, 6) is 1.40. The van der Waals surface area contributed by atoms with E-state index in [0.717, 1.165) is 23.4 Å². The minimum Gasteiger partial charge on any atom is -0.438 e. The summed E-state index contributed by atoms with van der Waals surface area (Å²) in [4.78, 5) is 0.301. The fourth-order valence-corrected chi connectivity index (χ4v) is 2.27. The molecule has 0 atom stereocenters. The molecule has 2 N–H and O–H groups in total. The van der Waals surface area contributed by atoms with E-state index >= 15 is 0 Å². The number of aromatic nitrogens is 2. The Balaban J connectivity index is 2.46. The van der Waals surface area contributed by atoms with Crippen molar-refractivity contribution in [1.29, 1.82) is 0 Å². The van der Waals surface area contributed by atoms with Gasteiger partial charge in [0, 0.05) is 7.05 Å². The SMILES string of the molecule is CCc1ccccc1Oc1c(C(N)=S)c(C)nn1C. The van der Waals surface area contributed by atoms with E-state index in [-0.39, 0.29) is 0 Å². The largest absolute Gasteiger partial charge is 0.438 e. The zero-order valence-corrected chi connectivity index (χ0v) is 12.1. The van der Waals surface area contributed by atoms with Gasteiger partial charge in [0.1, 0.15) is 10.7 Å². The van der Waals surface area contributed by atoms with Crippen LogP contribution in [0, 0.1) is 6.92 Å². The topological polar surface area (TPSA) is 53.1 Å². The first-order valence-corrected chi connectivity index (χ1v) is 6.54. The Labute approximate surface area is 118 Å². The molecular formula is C14H17N3OS. The Morgan fingerprint density at radius 1 is 1.42 bits per heavy atom. The van der Waals surface area contributed by atoms with Crippen LogP contribution in [0.25, 0.3) is 0 Å². The normalized spacial score (nSPS) is 10.5. The molecule has 0 aliphatic heterocycles. The van der Waals surface area contributed by atoms with Crippen LogP contribution in [0.5, 0.6) is 11.6 Å². The van der Waals surface area contributed by atoms with Crippen LogP contribution in [-0.4, -0.2) is 14.8 Å². The molecule has 0 aliphatic carbocycles. The van der Waals surface area contributed by atoms with Crippen LogP contribution in [0.4, 0.5) is 0 Å².